The van der Waals surface area contributed by atoms with Gasteiger partial charge in [0.05, 0.1) is 11.6 Å². The molecule has 1 aliphatic carbocycles. The van der Waals surface area contributed by atoms with Crippen LogP contribution in [0.15, 0.2) is 48.5 Å². The van der Waals surface area contributed by atoms with Crippen LogP contribution in [0, 0.1) is 29.0 Å². The first-order valence-corrected chi connectivity index (χ1v) is 16.3. The number of carbonyl (C=O) groups excluding carboxylic acids is 1. The number of hydrogen-bond acceptors (Lipinski definition) is 5. The molecule has 2 saturated heterocycles. The topological polar surface area (TPSA) is 99.9 Å². The van der Waals surface area contributed by atoms with Gasteiger partial charge in [0.2, 0.25) is 0 Å². The summed E-state index contributed by atoms with van der Waals surface area (Å²) in [4.78, 5) is 32.2. The molecule has 3 fully saturated rings. The third-order valence-electron chi connectivity index (χ3n) is 10.1. The number of urea groups is 1. The molecule has 2 amide bonds. The molecule has 2 heterocycles. The minimum Gasteiger partial charge on any atom is -0.480 e. The van der Waals surface area contributed by atoms with E-state index in [1.54, 1.807) is 24.3 Å². The maximum absolute atomic E-state index is 14.3. The standard InChI is InChI=1S/C35H46FN5O3/c1-2-41(35(44)38-21-26-13-11-25(20-37)12-14-26)31-15-17-39(18-16-31)22-29-23-40(24-32(29)28-9-6-10-30(36)19-28)33(34(42)43)27-7-4-3-5-8-27/h6,9-14,19,27,29,31-33H,2-5,7-8,15-18,21-24H2,1H3,(H,38,44)(H,42,43)/t29-,32+,33?/m0/s1. The molecule has 0 radical (unpaired) electrons. The number of likely N-dealkylation sites (tertiary alicyclic amines) is 2. The Morgan fingerprint density at radius 3 is 2.43 bits per heavy atom. The molecule has 9 heteroatoms. The lowest BCUT2D eigenvalue weighted by Gasteiger charge is -2.39. The van der Waals surface area contributed by atoms with Crippen LogP contribution < -0.4 is 5.32 Å². The maximum Gasteiger partial charge on any atom is 0.321 e. The summed E-state index contributed by atoms with van der Waals surface area (Å²) < 4.78 is 14.3. The van der Waals surface area contributed by atoms with E-state index in [1.165, 1.54) is 12.5 Å². The summed E-state index contributed by atoms with van der Waals surface area (Å²) in [5.41, 5.74) is 2.51. The number of nitriles is 1. The van der Waals surface area contributed by atoms with E-state index in [1.807, 2.05) is 30.0 Å². The number of hydrogen-bond donors (Lipinski definition) is 2. The minimum absolute atomic E-state index is 0.0738. The molecule has 2 aromatic carbocycles. The quantitative estimate of drug-likeness (QED) is 0.375. The first-order chi connectivity index (χ1) is 21.4. The highest BCUT2D eigenvalue weighted by molar-refractivity contribution is 5.74. The summed E-state index contributed by atoms with van der Waals surface area (Å²) in [5.74, 6) is -0.522. The van der Waals surface area contributed by atoms with E-state index in [0.29, 0.717) is 31.7 Å². The molecular weight excluding hydrogens is 557 g/mol. The summed E-state index contributed by atoms with van der Waals surface area (Å²) in [5, 5.41) is 22.4. The third kappa shape index (κ3) is 7.77. The van der Waals surface area contributed by atoms with Crippen molar-refractivity contribution >= 4 is 12.0 Å². The highest BCUT2D eigenvalue weighted by Crippen LogP contribution is 2.39. The molecule has 2 aliphatic heterocycles. The number of nitrogens with zero attached hydrogens (tertiary/aromatic N) is 4. The van der Waals surface area contributed by atoms with E-state index >= 15 is 0 Å². The lowest BCUT2D eigenvalue weighted by Crippen LogP contribution is -2.51. The van der Waals surface area contributed by atoms with Crippen molar-refractivity contribution in [2.45, 2.75) is 76.4 Å². The monoisotopic (exact) mass is 603 g/mol. The molecule has 2 aromatic rings. The van der Waals surface area contributed by atoms with Crippen molar-refractivity contribution in [3.8, 4) is 6.07 Å². The van der Waals surface area contributed by atoms with Crippen LogP contribution in [0.5, 0.6) is 0 Å². The highest BCUT2D eigenvalue weighted by atomic mass is 19.1. The van der Waals surface area contributed by atoms with Gasteiger partial charge in [0.1, 0.15) is 11.9 Å². The van der Waals surface area contributed by atoms with Gasteiger partial charge in [0, 0.05) is 57.8 Å². The average Bonchev–Trinajstić information content (AvgIpc) is 3.44. The van der Waals surface area contributed by atoms with Gasteiger partial charge in [0.15, 0.2) is 0 Å². The van der Waals surface area contributed by atoms with Gasteiger partial charge in [-0.25, -0.2) is 9.18 Å². The second kappa shape index (κ2) is 15.0. The summed E-state index contributed by atoms with van der Waals surface area (Å²) in [6, 6.07) is 15.8. The number of benzene rings is 2. The van der Waals surface area contributed by atoms with E-state index < -0.39 is 12.0 Å². The van der Waals surface area contributed by atoms with E-state index in [-0.39, 0.29) is 35.6 Å². The third-order valence-corrected chi connectivity index (χ3v) is 10.1. The van der Waals surface area contributed by atoms with E-state index in [4.69, 9.17) is 5.26 Å². The zero-order valence-electron chi connectivity index (χ0n) is 25.8. The fraction of sp³-hybridized carbons (Fsp3) is 0.571. The van der Waals surface area contributed by atoms with Crippen LogP contribution >= 0.6 is 0 Å². The van der Waals surface area contributed by atoms with Crippen molar-refractivity contribution in [1.29, 1.82) is 5.26 Å². The molecule has 0 spiro atoms. The van der Waals surface area contributed by atoms with Gasteiger partial charge < -0.3 is 20.2 Å². The van der Waals surface area contributed by atoms with Crippen molar-refractivity contribution in [3.05, 3.63) is 71.0 Å². The van der Waals surface area contributed by atoms with Crippen molar-refractivity contribution in [3.63, 3.8) is 0 Å². The Morgan fingerprint density at radius 2 is 1.80 bits per heavy atom. The summed E-state index contributed by atoms with van der Waals surface area (Å²) in [6.45, 7) is 6.95. The smallest absolute Gasteiger partial charge is 0.321 e. The molecule has 5 rings (SSSR count). The van der Waals surface area contributed by atoms with Crippen molar-refractivity contribution in [2.75, 3.05) is 39.3 Å². The van der Waals surface area contributed by atoms with Gasteiger partial charge in [-0.1, -0.05) is 43.5 Å². The number of carboxylic acid groups (broad SMARTS) is 1. The Labute approximate surface area is 260 Å². The van der Waals surface area contributed by atoms with Gasteiger partial charge in [-0.15, -0.1) is 0 Å². The van der Waals surface area contributed by atoms with E-state index in [0.717, 1.165) is 69.3 Å². The first kappa shape index (κ1) is 31.9. The largest absolute Gasteiger partial charge is 0.480 e. The molecule has 8 nitrogen and oxygen atoms in total. The molecule has 0 aromatic heterocycles. The van der Waals surface area contributed by atoms with Gasteiger partial charge in [0.25, 0.3) is 0 Å². The highest BCUT2D eigenvalue weighted by Gasteiger charge is 2.43. The van der Waals surface area contributed by atoms with Crippen molar-refractivity contribution in [1.82, 2.24) is 20.0 Å². The van der Waals surface area contributed by atoms with Crippen LogP contribution in [0.3, 0.4) is 0 Å². The van der Waals surface area contributed by atoms with Crippen molar-refractivity contribution < 1.29 is 19.1 Å². The Balaban J connectivity index is 1.20. The first-order valence-electron chi connectivity index (χ1n) is 16.3. The molecule has 3 aliphatic rings. The molecule has 2 N–H and O–H groups in total. The molecule has 236 valence electrons. The van der Waals surface area contributed by atoms with Gasteiger partial charge in [-0.3, -0.25) is 9.69 Å². The average molecular weight is 604 g/mol. The van der Waals surface area contributed by atoms with Crippen LogP contribution in [0.4, 0.5) is 9.18 Å². The summed E-state index contributed by atoms with van der Waals surface area (Å²) >= 11 is 0. The number of piperidine rings is 1. The fourth-order valence-corrected chi connectivity index (χ4v) is 7.83. The fourth-order valence-electron chi connectivity index (χ4n) is 7.83. The van der Waals surface area contributed by atoms with E-state index in [9.17, 15) is 19.1 Å². The molecule has 1 saturated carbocycles. The molecule has 3 atom stereocenters. The summed E-state index contributed by atoms with van der Waals surface area (Å²) in [6.07, 6.45) is 7.04. The van der Waals surface area contributed by atoms with Crippen molar-refractivity contribution in [2.24, 2.45) is 11.8 Å². The lowest BCUT2D eigenvalue weighted by molar-refractivity contribution is -0.145. The number of carboxylic acids is 1. The Bertz CT molecular complexity index is 1300. The molecule has 0 bridgehead atoms. The van der Waals surface area contributed by atoms with Gasteiger partial charge in [-0.2, -0.15) is 5.26 Å². The van der Waals surface area contributed by atoms with E-state index in [2.05, 4.69) is 21.2 Å². The van der Waals surface area contributed by atoms with Gasteiger partial charge >= 0.3 is 12.0 Å². The normalized spacial score (nSPS) is 22.8. The zero-order valence-corrected chi connectivity index (χ0v) is 25.8. The number of halogens is 1. The SMILES string of the molecule is CCN(C(=O)NCc1ccc(C#N)cc1)C1CCN(C[C@H]2CN(C(C(=O)O)C3CCCCC3)C[C@@H]2c2cccc(F)c2)CC1. The number of amides is 2. The Hall–Kier alpha value is -3.48. The van der Waals surface area contributed by atoms with Crippen LogP contribution in [0.2, 0.25) is 0 Å². The van der Waals surface area contributed by atoms with Gasteiger partial charge in [-0.05, 0) is 79.8 Å². The second-order valence-corrected chi connectivity index (χ2v) is 12.8. The molecule has 1 unspecified atom stereocenters. The van der Waals surface area contributed by atoms with Crippen LogP contribution in [0.25, 0.3) is 0 Å². The second-order valence-electron chi connectivity index (χ2n) is 12.8. The van der Waals surface area contributed by atoms with Crippen LogP contribution in [0.1, 0.15) is 74.5 Å². The minimum atomic E-state index is -0.728. The number of rotatable bonds is 10. The number of carbonyl (C=O) groups is 2. The zero-order chi connectivity index (χ0) is 31.1. The maximum atomic E-state index is 14.3. The number of nitrogens with one attached hydrogen (secondary N) is 1. The molecule has 44 heavy (non-hydrogen) atoms. The Kier molecular flexibility index (Phi) is 10.9. The summed E-state index contributed by atoms with van der Waals surface area (Å²) in [7, 11) is 0. The van der Waals surface area contributed by atoms with Crippen LogP contribution in [-0.2, 0) is 11.3 Å². The number of aliphatic carboxylic acids is 1. The van der Waals surface area contributed by atoms with Crippen LogP contribution in [-0.4, -0.2) is 83.2 Å². The predicted molar refractivity (Wildman–Crippen MR) is 167 cm³/mol. The predicted octanol–water partition coefficient (Wildman–Crippen LogP) is 5.44. The molecular formula is C35H46FN5O3. The lowest BCUT2D eigenvalue weighted by atomic mass is 9.83. The Morgan fingerprint density at radius 1 is 1.07 bits per heavy atom.